The van der Waals surface area contributed by atoms with Crippen LogP contribution in [0.1, 0.15) is 18.2 Å². The Morgan fingerprint density at radius 2 is 1.91 bits per heavy atom. The lowest BCUT2D eigenvalue weighted by Crippen LogP contribution is -2.22. The first-order valence-corrected chi connectivity index (χ1v) is 10.7. The summed E-state index contributed by atoms with van der Waals surface area (Å²) in [5.74, 6) is -0.361. The predicted octanol–water partition coefficient (Wildman–Crippen LogP) is 3.74. The number of anilines is 2. The van der Waals surface area contributed by atoms with Gasteiger partial charge in [-0.3, -0.25) is 14.5 Å². The van der Waals surface area contributed by atoms with Crippen LogP contribution in [-0.4, -0.2) is 31.6 Å². The highest BCUT2D eigenvalue weighted by atomic mass is 32.1. The largest absolute Gasteiger partial charge is 0.348 e. The number of para-hydroxylation sites is 1. The van der Waals surface area contributed by atoms with Crippen LogP contribution in [0.25, 0.3) is 11.8 Å². The Morgan fingerprint density at radius 1 is 1.12 bits per heavy atom. The Bertz CT molecular complexity index is 1220. The summed E-state index contributed by atoms with van der Waals surface area (Å²) >= 11 is 1.34. The van der Waals surface area contributed by atoms with Gasteiger partial charge in [0.25, 0.3) is 0 Å². The second kappa shape index (κ2) is 9.80. The third-order valence-corrected chi connectivity index (χ3v) is 5.37. The molecule has 9 heteroatoms. The molecule has 2 aromatic carbocycles. The molecule has 0 bridgehead atoms. The van der Waals surface area contributed by atoms with Crippen molar-refractivity contribution < 1.29 is 9.59 Å². The lowest BCUT2D eigenvalue weighted by molar-refractivity contribution is -0.117. The zero-order valence-corrected chi connectivity index (χ0v) is 18.1. The van der Waals surface area contributed by atoms with E-state index in [1.165, 1.54) is 30.7 Å². The summed E-state index contributed by atoms with van der Waals surface area (Å²) in [6, 6.07) is 17.0. The van der Waals surface area contributed by atoms with E-state index in [0.717, 1.165) is 16.9 Å². The minimum atomic E-state index is -0.230. The summed E-state index contributed by atoms with van der Waals surface area (Å²) in [5.41, 5.74) is 3.22. The van der Waals surface area contributed by atoms with Crippen LogP contribution in [0, 0.1) is 0 Å². The van der Waals surface area contributed by atoms with E-state index in [9.17, 15) is 9.59 Å². The fourth-order valence-corrected chi connectivity index (χ4v) is 3.83. The van der Waals surface area contributed by atoms with Gasteiger partial charge in [-0.25, -0.2) is 14.6 Å². The van der Waals surface area contributed by atoms with Crippen LogP contribution in [0.15, 0.2) is 78.7 Å². The fraction of sp³-hybridized carbons (Fsp3) is 0.0870. The fourth-order valence-electron chi connectivity index (χ4n) is 2.98. The van der Waals surface area contributed by atoms with Gasteiger partial charge in [-0.1, -0.05) is 30.3 Å². The van der Waals surface area contributed by atoms with Gasteiger partial charge in [0.2, 0.25) is 11.8 Å². The Morgan fingerprint density at radius 3 is 2.59 bits per heavy atom. The molecule has 0 saturated carbocycles. The van der Waals surface area contributed by atoms with E-state index >= 15 is 0 Å². The topological polar surface area (TPSA) is 93.0 Å². The van der Waals surface area contributed by atoms with Crippen molar-refractivity contribution in [3.8, 4) is 5.69 Å². The maximum absolute atomic E-state index is 12.2. The van der Waals surface area contributed by atoms with Crippen molar-refractivity contribution in [2.24, 2.45) is 0 Å². The van der Waals surface area contributed by atoms with E-state index in [4.69, 9.17) is 0 Å². The number of hydrogen-bond donors (Lipinski definition) is 1. The molecule has 0 aliphatic heterocycles. The molecule has 0 unspecified atom stereocenters. The van der Waals surface area contributed by atoms with Crippen LogP contribution in [0.5, 0.6) is 0 Å². The number of benzene rings is 2. The van der Waals surface area contributed by atoms with Crippen molar-refractivity contribution in [1.29, 1.82) is 0 Å². The van der Waals surface area contributed by atoms with Gasteiger partial charge in [-0.2, -0.15) is 5.10 Å². The molecule has 0 aliphatic rings. The standard InChI is InChI=1S/C23H20N6O2S/c1-17(30)29(21-5-3-2-4-6-21)23-27-19(14-32-23)9-12-22(31)25-13-18-7-10-20(11-8-18)28-16-24-15-26-28/h2-12,14-16H,13H2,1H3,(H,25,31)/b12-9+. The number of hydrogen-bond acceptors (Lipinski definition) is 6. The number of aromatic nitrogens is 4. The van der Waals surface area contributed by atoms with Crippen molar-refractivity contribution in [2.45, 2.75) is 13.5 Å². The van der Waals surface area contributed by atoms with Gasteiger partial charge in [0, 0.05) is 24.9 Å². The summed E-state index contributed by atoms with van der Waals surface area (Å²) < 4.78 is 1.66. The normalized spacial score (nSPS) is 10.9. The molecule has 0 atom stereocenters. The molecular formula is C23H20N6O2S. The number of carbonyl (C=O) groups excluding carboxylic acids is 2. The van der Waals surface area contributed by atoms with Crippen molar-refractivity contribution >= 4 is 40.0 Å². The van der Waals surface area contributed by atoms with E-state index in [0.29, 0.717) is 17.4 Å². The first-order valence-electron chi connectivity index (χ1n) is 9.81. The van der Waals surface area contributed by atoms with E-state index < -0.39 is 0 Å². The zero-order chi connectivity index (χ0) is 22.3. The van der Waals surface area contributed by atoms with Crippen LogP contribution < -0.4 is 10.2 Å². The summed E-state index contributed by atoms with van der Waals surface area (Å²) in [7, 11) is 0. The highest BCUT2D eigenvalue weighted by Gasteiger charge is 2.17. The predicted molar refractivity (Wildman–Crippen MR) is 124 cm³/mol. The van der Waals surface area contributed by atoms with E-state index in [2.05, 4.69) is 20.4 Å². The maximum Gasteiger partial charge on any atom is 0.244 e. The molecule has 2 aromatic heterocycles. The SMILES string of the molecule is CC(=O)N(c1ccccc1)c1nc(/C=C/C(=O)NCc2ccc(-n3cncn3)cc2)cs1. The molecule has 160 valence electrons. The molecule has 0 spiro atoms. The van der Waals surface area contributed by atoms with E-state index in [1.807, 2.05) is 54.6 Å². The molecular weight excluding hydrogens is 424 g/mol. The van der Waals surface area contributed by atoms with E-state index in [-0.39, 0.29) is 11.8 Å². The van der Waals surface area contributed by atoms with Crippen LogP contribution in [-0.2, 0) is 16.1 Å². The number of nitrogens with zero attached hydrogens (tertiary/aromatic N) is 5. The van der Waals surface area contributed by atoms with Crippen LogP contribution >= 0.6 is 11.3 Å². The minimum Gasteiger partial charge on any atom is -0.348 e. The Kier molecular flexibility index (Phi) is 6.47. The highest BCUT2D eigenvalue weighted by molar-refractivity contribution is 7.14. The highest BCUT2D eigenvalue weighted by Crippen LogP contribution is 2.28. The van der Waals surface area contributed by atoms with Gasteiger partial charge in [-0.15, -0.1) is 11.3 Å². The van der Waals surface area contributed by atoms with Crippen molar-refractivity contribution in [3.05, 3.63) is 90.0 Å². The van der Waals surface area contributed by atoms with Crippen molar-refractivity contribution in [1.82, 2.24) is 25.1 Å². The lowest BCUT2D eigenvalue weighted by Gasteiger charge is -2.17. The average Bonchev–Trinajstić information content (AvgIpc) is 3.50. The Balaban J connectivity index is 1.35. The van der Waals surface area contributed by atoms with Crippen LogP contribution in [0.2, 0.25) is 0 Å². The maximum atomic E-state index is 12.2. The quantitative estimate of drug-likeness (QED) is 0.439. The number of thiazole rings is 1. The molecule has 4 aromatic rings. The molecule has 8 nitrogen and oxygen atoms in total. The number of rotatable bonds is 7. The summed E-state index contributed by atoms with van der Waals surface area (Å²) in [6.07, 6.45) is 6.17. The molecule has 0 aliphatic carbocycles. The summed E-state index contributed by atoms with van der Waals surface area (Å²) in [4.78, 5) is 34.3. The van der Waals surface area contributed by atoms with Gasteiger partial charge >= 0.3 is 0 Å². The molecule has 2 amide bonds. The second-order valence-corrected chi connectivity index (χ2v) is 7.64. The minimum absolute atomic E-state index is 0.131. The summed E-state index contributed by atoms with van der Waals surface area (Å²) in [6.45, 7) is 1.89. The van der Waals surface area contributed by atoms with Crippen LogP contribution in [0.4, 0.5) is 10.8 Å². The van der Waals surface area contributed by atoms with Gasteiger partial charge in [0.15, 0.2) is 5.13 Å². The first-order chi connectivity index (χ1) is 15.6. The molecule has 0 saturated heterocycles. The monoisotopic (exact) mass is 444 g/mol. The Hall–Kier alpha value is -4.11. The van der Waals surface area contributed by atoms with Gasteiger partial charge in [0.1, 0.15) is 12.7 Å². The average molecular weight is 445 g/mol. The smallest absolute Gasteiger partial charge is 0.244 e. The number of carbonyl (C=O) groups is 2. The van der Waals surface area contributed by atoms with Crippen molar-refractivity contribution in [2.75, 3.05) is 4.90 Å². The molecule has 32 heavy (non-hydrogen) atoms. The lowest BCUT2D eigenvalue weighted by atomic mass is 10.2. The number of nitrogens with one attached hydrogen (secondary N) is 1. The second-order valence-electron chi connectivity index (χ2n) is 6.80. The number of amides is 2. The van der Waals surface area contributed by atoms with Gasteiger partial charge < -0.3 is 5.32 Å². The molecule has 4 rings (SSSR count). The molecule has 1 N–H and O–H groups in total. The third kappa shape index (κ3) is 5.13. The summed E-state index contributed by atoms with van der Waals surface area (Å²) in [5, 5.41) is 9.29. The first kappa shape index (κ1) is 21.1. The van der Waals surface area contributed by atoms with E-state index in [1.54, 1.807) is 27.4 Å². The molecule has 0 fully saturated rings. The zero-order valence-electron chi connectivity index (χ0n) is 17.3. The third-order valence-electron chi connectivity index (χ3n) is 4.52. The van der Waals surface area contributed by atoms with Crippen molar-refractivity contribution in [3.63, 3.8) is 0 Å². The Labute approximate surface area is 188 Å². The molecule has 0 radical (unpaired) electrons. The van der Waals surface area contributed by atoms with Crippen LogP contribution in [0.3, 0.4) is 0 Å². The van der Waals surface area contributed by atoms with Gasteiger partial charge in [-0.05, 0) is 35.9 Å². The molecule has 2 heterocycles. The van der Waals surface area contributed by atoms with Gasteiger partial charge in [0.05, 0.1) is 17.1 Å².